The predicted molar refractivity (Wildman–Crippen MR) is 83.2 cm³/mol. The number of aryl methyl sites for hydroxylation is 1. The van der Waals surface area contributed by atoms with E-state index in [2.05, 4.69) is 17.4 Å². The Morgan fingerprint density at radius 1 is 1.48 bits per heavy atom. The summed E-state index contributed by atoms with van der Waals surface area (Å²) in [4.78, 5) is 11.8. The van der Waals surface area contributed by atoms with Gasteiger partial charge in [-0.1, -0.05) is 30.1 Å². The summed E-state index contributed by atoms with van der Waals surface area (Å²) in [5.74, 6) is 0.384. The van der Waals surface area contributed by atoms with Crippen LogP contribution in [-0.2, 0) is 4.79 Å². The summed E-state index contributed by atoms with van der Waals surface area (Å²) in [5.41, 5.74) is 2.17. The molecule has 1 atom stereocenters. The SMILES string of the molecule is CCCC(C)NC(=O)COc1ccc(C)cc1C(C)=NO. The molecule has 116 valence electrons. The first-order valence-electron chi connectivity index (χ1n) is 7.19. The molecule has 5 heteroatoms. The number of hydrogen-bond acceptors (Lipinski definition) is 4. The van der Waals surface area contributed by atoms with Gasteiger partial charge in [0.15, 0.2) is 6.61 Å². The minimum absolute atomic E-state index is 0.0528. The Morgan fingerprint density at radius 3 is 2.81 bits per heavy atom. The zero-order valence-corrected chi connectivity index (χ0v) is 13.1. The van der Waals surface area contributed by atoms with Gasteiger partial charge in [-0.25, -0.2) is 0 Å². The van der Waals surface area contributed by atoms with Crippen LogP contribution in [0.1, 0.15) is 44.7 Å². The van der Waals surface area contributed by atoms with Crippen molar-refractivity contribution in [3.63, 3.8) is 0 Å². The fourth-order valence-corrected chi connectivity index (χ4v) is 2.07. The van der Waals surface area contributed by atoms with Gasteiger partial charge in [-0.15, -0.1) is 0 Å². The van der Waals surface area contributed by atoms with Crippen LogP contribution in [-0.4, -0.2) is 29.5 Å². The lowest BCUT2D eigenvalue weighted by Crippen LogP contribution is -2.36. The van der Waals surface area contributed by atoms with E-state index in [-0.39, 0.29) is 18.6 Å². The molecule has 21 heavy (non-hydrogen) atoms. The summed E-state index contributed by atoms with van der Waals surface area (Å²) < 4.78 is 5.55. The van der Waals surface area contributed by atoms with Gasteiger partial charge in [-0.05, 0) is 39.3 Å². The second kappa shape index (κ2) is 8.29. The van der Waals surface area contributed by atoms with Gasteiger partial charge >= 0.3 is 0 Å². The Morgan fingerprint density at radius 2 is 2.19 bits per heavy atom. The average molecular weight is 292 g/mol. The van der Waals surface area contributed by atoms with E-state index in [0.29, 0.717) is 17.0 Å². The van der Waals surface area contributed by atoms with Crippen LogP contribution in [0, 0.1) is 6.92 Å². The van der Waals surface area contributed by atoms with Crippen LogP contribution in [0.15, 0.2) is 23.4 Å². The van der Waals surface area contributed by atoms with Crippen LogP contribution >= 0.6 is 0 Å². The second-order valence-corrected chi connectivity index (χ2v) is 5.23. The third kappa shape index (κ3) is 5.45. The molecule has 0 aromatic heterocycles. The van der Waals surface area contributed by atoms with Crippen LogP contribution in [0.2, 0.25) is 0 Å². The first-order chi connectivity index (χ1) is 9.97. The molecule has 1 unspecified atom stereocenters. The van der Waals surface area contributed by atoms with Gasteiger partial charge in [0, 0.05) is 11.6 Å². The van der Waals surface area contributed by atoms with E-state index in [1.807, 2.05) is 26.0 Å². The number of ether oxygens (including phenoxy) is 1. The van der Waals surface area contributed by atoms with Crippen LogP contribution in [0.25, 0.3) is 0 Å². The molecular weight excluding hydrogens is 268 g/mol. The summed E-state index contributed by atoms with van der Waals surface area (Å²) in [6.07, 6.45) is 1.97. The average Bonchev–Trinajstić information content (AvgIpc) is 2.45. The largest absolute Gasteiger partial charge is 0.483 e. The Bertz CT molecular complexity index is 512. The highest BCUT2D eigenvalue weighted by Gasteiger charge is 2.11. The lowest BCUT2D eigenvalue weighted by molar-refractivity contribution is -0.123. The standard InChI is InChI=1S/C16H24N2O3/c1-5-6-12(3)17-16(19)10-21-15-8-7-11(2)9-14(15)13(4)18-20/h7-9,12,20H,5-6,10H2,1-4H3,(H,17,19). The van der Waals surface area contributed by atoms with E-state index >= 15 is 0 Å². The molecule has 1 aromatic rings. The summed E-state index contributed by atoms with van der Waals surface area (Å²) in [6, 6.07) is 5.68. The Labute approximate surface area is 126 Å². The molecule has 5 nitrogen and oxygen atoms in total. The second-order valence-electron chi connectivity index (χ2n) is 5.23. The van der Waals surface area contributed by atoms with E-state index in [1.54, 1.807) is 13.0 Å². The van der Waals surface area contributed by atoms with Crippen molar-refractivity contribution in [2.24, 2.45) is 5.16 Å². The molecular formula is C16H24N2O3. The quantitative estimate of drug-likeness (QED) is 0.461. The minimum atomic E-state index is -0.152. The van der Waals surface area contributed by atoms with Crippen molar-refractivity contribution in [3.8, 4) is 5.75 Å². The summed E-state index contributed by atoms with van der Waals surface area (Å²) in [7, 11) is 0. The molecule has 0 heterocycles. The van der Waals surface area contributed by atoms with Crippen LogP contribution in [0.4, 0.5) is 0 Å². The number of rotatable bonds is 7. The van der Waals surface area contributed by atoms with E-state index in [4.69, 9.17) is 9.94 Å². The topological polar surface area (TPSA) is 70.9 Å². The monoisotopic (exact) mass is 292 g/mol. The van der Waals surface area contributed by atoms with Gasteiger partial charge in [-0.2, -0.15) is 0 Å². The fraction of sp³-hybridized carbons (Fsp3) is 0.500. The Hall–Kier alpha value is -2.04. The highest BCUT2D eigenvalue weighted by molar-refractivity contribution is 6.01. The summed E-state index contributed by atoms with van der Waals surface area (Å²) >= 11 is 0. The molecule has 1 amide bonds. The number of nitrogens with one attached hydrogen (secondary N) is 1. The van der Waals surface area contributed by atoms with Gasteiger partial charge < -0.3 is 15.3 Å². The van der Waals surface area contributed by atoms with Crippen molar-refractivity contribution in [3.05, 3.63) is 29.3 Å². The molecule has 0 aliphatic heterocycles. The van der Waals surface area contributed by atoms with Crippen molar-refractivity contribution in [2.45, 2.75) is 46.6 Å². The third-order valence-electron chi connectivity index (χ3n) is 3.16. The van der Waals surface area contributed by atoms with Crippen molar-refractivity contribution in [1.29, 1.82) is 0 Å². The molecule has 0 radical (unpaired) electrons. The van der Waals surface area contributed by atoms with Gasteiger partial charge in [-0.3, -0.25) is 4.79 Å². The predicted octanol–water partition coefficient (Wildman–Crippen LogP) is 2.88. The van der Waals surface area contributed by atoms with Gasteiger partial charge in [0.2, 0.25) is 0 Å². The van der Waals surface area contributed by atoms with Gasteiger partial charge in [0.25, 0.3) is 5.91 Å². The third-order valence-corrected chi connectivity index (χ3v) is 3.16. The lowest BCUT2D eigenvalue weighted by Gasteiger charge is -2.15. The summed E-state index contributed by atoms with van der Waals surface area (Å²) in [5, 5.41) is 15.0. The van der Waals surface area contributed by atoms with Gasteiger partial charge in [0.05, 0.1) is 5.71 Å². The number of hydrogen-bond donors (Lipinski definition) is 2. The Kier molecular flexibility index (Phi) is 6.72. The smallest absolute Gasteiger partial charge is 0.258 e. The van der Waals surface area contributed by atoms with E-state index in [0.717, 1.165) is 18.4 Å². The molecule has 0 saturated carbocycles. The molecule has 1 rings (SSSR count). The number of amides is 1. The van der Waals surface area contributed by atoms with Crippen LogP contribution in [0.3, 0.4) is 0 Å². The van der Waals surface area contributed by atoms with Crippen LogP contribution in [0.5, 0.6) is 5.75 Å². The van der Waals surface area contributed by atoms with E-state index in [1.165, 1.54) is 0 Å². The normalized spacial score (nSPS) is 12.9. The molecule has 0 aliphatic rings. The molecule has 0 spiro atoms. The maximum Gasteiger partial charge on any atom is 0.258 e. The molecule has 0 aliphatic carbocycles. The van der Waals surface area contributed by atoms with Gasteiger partial charge in [0.1, 0.15) is 5.75 Å². The lowest BCUT2D eigenvalue weighted by atomic mass is 10.1. The van der Waals surface area contributed by atoms with E-state index < -0.39 is 0 Å². The number of benzene rings is 1. The molecule has 1 aromatic carbocycles. The zero-order valence-electron chi connectivity index (χ0n) is 13.1. The minimum Gasteiger partial charge on any atom is -0.483 e. The van der Waals surface area contributed by atoms with Crippen LogP contribution < -0.4 is 10.1 Å². The molecule has 0 saturated heterocycles. The molecule has 2 N–H and O–H groups in total. The highest BCUT2D eigenvalue weighted by Crippen LogP contribution is 2.21. The van der Waals surface area contributed by atoms with Crippen molar-refractivity contribution >= 4 is 11.6 Å². The first kappa shape index (κ1) is 17.0. The van der Waals surface area contributed by atoms with E-state index in [9.17, 15) is 4.79 Å². The van der Waals surface area contributed by atoms with Crippen molar-refractivity contribution < 1.29 is 14.7 Å². The molecule has 0 bridgehead atoms. The molecule has 0 fully saturated rings. The highest BCUT2D eigenvalue weighted by atomic mass is 16.5. The summed E-state index contributed by atoms with van der Waals surface area (Å²) in [6.45, 7) is 7.63. The number of carbonyl (C=O) groups excluding carboxylic acids is 1. The first-order valence-corrected chi connectivity index (χ1v) is 7.19. The Balaban J connectivity index is 2.69. The van der Waals surface area contributed by atoms with Crippen molar-refractivity contribution in [1.82, 2.24) is 5.32 Å². The maximum absolute atomic E-state index is 11.8. The fourth-order valence-electron chi connectivity index (χ4n) is 2.07. The number of oxime groups is 1. The zero-order chi connectivity index (χ0) is 15.8. The number of nitrogens with zero attached hydrogens (tertiary/aromatic N) is 1. The maximum atomic E-state index is 11.8. The van der Waals surface area contributed by atoms with Crippen molar-refractivity contribution in [2.75, 3.05) is 6.61 Å². The number of carbonyl (C=O) groups is 1.